The van der Waals surface area contributed by atoms with Gasteiger partial charge in [0.25, 0.3) is 11.8 Å². The van der Waals surface area contributed by atoms with Crippen molar-refractivity contribution in [1.29, 1.82) is 0 Å². The fourth-order valence-corrected chi connectivity index (χ4v) is 4.72. The number of quaternary nitrogens is 2. The van der Waals surface area contributed by atoms with Gasteiger partial charge in [-0.25, -0.2) is 0 Å². The van der Waals surface area contributed by atoms with E-state index in [2.05, 4.69) is 18.3 Å². The third-order valence-electron chi connectivity index (χ3n) is 6.10. The first-order valence-electron chi connectivity index (χ1n) is 10.6. The highest BCUT2D eigenvalue weighted by Crippen LogP contribution is 2.31. The molecule has 1 saturated heterocycles. The SMILES string of the molecule is C[C@@H]1Cc2ccccc2N1C(=O)C[NH+]1CC[NH+](CC(=O)Nc2ccccc2Cl)CC1. The van der Waals surface area contributed by atoms with Crippen molar-refractivity contribution in [2.75, 3.05) is 49.5 Å². The molecule has 2 aliphatic heterocycles. The number of anilines is 2. The largest absolute Gasteiger partial charge is 0.320 e. The Morgan fingerprint density at radius 3 is 2.37 bits per heavy atom. The van der Waals surface area contributed by atoms with Crippen molar-refractivity contribution in [3.8, 4) is 0 Å². The number of hydrogen-bond donors (Lipinski definition) is 3. The summed E-state index contributed by atoms with van der Waals surface area (Å²) >= 11 is 6.11. The minimum Gasteiger partial charge on any atom is -0.320 e. The Bertz CT molecular complexity index is 927. The highest BCUT2D eigenvalue weighted by molar-refractivity contribution is 6.33. The number of nitrogens with zero attached hydrogens (tertiary/aromatic N) is 1. The van der Waals surface area contributed by atoms with Crippen LogP contribution in [-0.2, 0) is 16.0 Å². The molecular formula is C23H29ClN4O2+2. The lowest BCUT2D eigenvalue weighted by molar-refractivity contribution is -1.00. The first-order valence-corrected chi connectivity index (χ1v) is 11.0. The average Bonchev–Trinajstić information content (AvgIpc) is 3.07. The van der Waals surface area contributed by atoms with Gasteiger partial charge in [0.15, 0.2) is 13.1 Å². The predicted molar refractivity (Wildman–Crippen MR) is 118 cm³/mol. The highest BCUT2D eigenvalue weighted by Gasteiger charge is 2.34. The summed E-state index contributed by atoms with van der Waals surface area (Å²) in [6.07, 6.45) is 0.926. The minimum absolute atomic E-state index is 0.0277. The molecule has 2 amide bonds. The van der Waals surface area contributed by atoms with Crippen molar-refractivity contribution < 1.29 is 19.4 Å². The summed E-state index contributed by atoms with van der Waals surface area (Å²) in [5.74, 6) is 0.169. The summed E-state index contributed by atoms with van der Waals surface area (Å²) in [6, 6.07) is 15.7. The van der Waals surface area contributed by atoms with Crippen LogP contribution in [0.2, 0.25) is 5.02 Å². The van der Waals surface area contributed by atoms with E-state index in [1.165, 1.54) is 15.4 Å². The van der Waals surface area contributed by atoms with E-state index in [1.807, 2.05) is 35.2 Å². The Morgan fingerprint density at radius 1 is 1.00 bits per heavy atom. The van der Waals surface area contributed by atoms with Crippen molar-refractivity contribution in [2.24, 2.45) is 0 Å². The number of piperazine rings is 1. The van der Waals surface area contributed by atoms with Crippen LogP contribution >= 0.6 is 11.6 Å². The van der Waals surface area contributed by atoms with E-state index < -0.39 is 0 Å². The molecule has 2 heterocycles. The number of carbonyl (C=O) groups is 2. The van der Waals surface area contributed by atoms with Crippen LogP contribution in [0, 0.1) is 0 Å². The minimum atomic E-state index is -0.0277. The third-order valence-corrected chi connectivity index (χ3v) is 6.43. The zero-order valence-corrected chi connectivity index (χ0v) is 18.0. The van der Waals surface area contributed by atoms with Gasteiger partial charge in [-0.2, -0.15) is 0 Å². The second-order valence-corrected chi connectivity index (χ2v) is 8.73. The highest BCUT2D eigenvalue weighted by atomic mass is 35.5. The summed E-state index contributed by atoms with van der Waals surface area (Å²) in [5.41, 5.74) is 2.97. The number of hydrogen-bond acceptors (Lipinski definition) is 2. The molecule has 2 aromatic carbocycles. The molecule has 1 fully saturated rings. The van der Waals surface area contributed by atoms with Crippen LogP contribution < -0.4 is 20.0 Å². The number of rotatable bonds is 5. The van der Waals surface area contributed by atoms with Gasteiger partial charge in [-0.1, -0.05) is 41.9 Å². The van der Waals surface area contributed by atoms with Crippen molar-refractivity contribution in [3.63, 3.8) is 0 Å². The molecule has 0 unspecified atom stereocenters. The Labute approximate surface area is 182 Å². The van der Waals surface area contributed by atoms with Crippen LogP contribution in [0.25, 0.3) is 0 Å². The van der Waals surface area contributed by atoms with Crippen LogP contribution in [0.1, 0.15) is 12.5 Å². The number of amides is 2. The quantitative estimate of drug-likeness (QED) is 0.630. The maximum Gasteiger partial charge on any atom is 0.282 e. The van der Waals surface area contributed by atoms with Crippen molar-refractivity contribution in [1.82, 2.24) is 0 Å². The lowest BCUT2D eigenvalue weighted by Gasteiger charge is -2.31. The maximum atomic E-state index is 13.0. The third kappa shape index (κ3) is 4.67. The molecule has 0 radical (unpaired) electrons. The molecule has 0 aromatic heterocycles. The predicted octanol–water partition coefficient (Wildman–Crippen LogP) is 0.0397. The fourth-order valence-electron chi connectivity index (χ4n) is 4.54. The van der Waals surface area contributed by atoms with E-state index >= 15 is 0 Å². The standard InChI is InChI=1S/C23H27ClN4O2/c1-17-14-18-6-2-5-9-21(18)28(17)23(30)16-27-12-10-26(11-13-27)15-22(29)25-20-8-4-3-7-19(20)24/h2-9,17H,10-16H2,1H3,(H,25,29)/p+2/t17-/m1/s1. The Balaban J connectivity index is 1.25. The number of carbonyl (C=O) groups excluding carboxylic acids is 2. The lowest BCUT2D eigenvalue weighted by Crippen LogP contribution is -3.28. The van der Waals surface area contributed by atoms with Gasteiger partial charge in [0.05, 0.1) is 10.7 Å². The average molecular weight is 429 g/mol. The topological polar surface area (TPSA) is 58.3 Å². The summed E-state index contributed by atoms with van der Waals surface area (Å²) in [4.78, 5) is 29.9. The molecular weight excluding hydrogens is 400 g/mol. The van der Waals surface area contributed by atoms with Gasteiger partial charge in [-0.05, 0) is 37.1 Å². The molecule has 0 saturated carbocycles. The summed E-state index contributed by atoms with van der Waals surface area (Å²) < 4.78 is 0. The van der Waals surface area contributed by atoms with Crippen LogP contribution in [0.3, 0.4) is 0 Å². The molecule has 1 atom stereocenters. The molecule has 30 heavy (non-hydrogen) atoms. The monoisotopic (exact) mass is 428 g/mol. The Morgan fingerprint density at radius 2 is 1.63 bits per heavy atom. The number of nitrogens with one attached hydrogen (secondary N) is 3. The van der Waals surface area contributed by atoms with E-state index in [0.29, 0.717) is 23.8 Å². The van der Waals surface area contributed by atoms with Gasteiger partial charge in [-0.3, -0.25) is 9.59 Å². The Hall–Kier alpha value is -2.41. The molecule has 2 aliphatic rings. The summed E-state index contributed by atoms with van der Waals surface area (Å²) in [5, 5.41) is 3.44. The van der Waals surface area contributed by atoms with Crippen molar-refractivity contribution in [2.45, 2.75) is 19.4 Å². The smallest absolute Gasteiger partial charge is 0.282 e. The summed E-state index contributed by atoms with van der Waals surface area (Å²) in [6.45, 7) is 6.59. The number of halogens is 1. The van der Waals surface area contributed by atoms with Gasteiger partial charge in [0, 0.05) is 11.7 Å². The van der Waals surface area contributed by atoms with Gasteiger partial charge in [-0.15, -0.1) is 0 Å². The maximum absolute atomic E-state index is 13.0. The number of fused-ring (bicyclic) bond motifs is 1. The lowest BCUT2D eigenvalue weighted by atomic mass is 10.1. The van der Waals surface area contributed by atoms with Crippen molar-refractivity contribution in [3.05, 3.63) is 59.1 Å². The first-order chi connectivity index (χ1) is 14.5. The molecule has 0 spiro atoms. The molecule has 4 rings (SSSR count). The molecule has 3 N–H and O–H groups in total. The molecule has 158 valence electrons. The van der Waals surface area contributed by atoms with Gasteiger partial charge in [0.1, 0.15) is 26.2 Å². The number of benzene rings is 2. The van der Waals surface area contributed by atoms with E-state index in [0.717, 1.165) is 38.3 Å². The van der Waals surface area contributed by atoms with Crippen LogP contribution in [0.5, 0.6) is 0 Å². The Kier molecular flexibility index (Phi) is 6.37. The van der Waals surface area contributed by atoms with Crippen LogP contribution in [0.4, 0.5) is 11.4 Å². The van der Waals surface area contributed by atoms with Gasteiger partial charge >= 0.3 is 0 Å². The summed E-state index contributed by atoms with van der Waals surface area (Å²) in [7, 11) is 0. The van der Waals surface area contributed by atoms with Gasteiger partial charge in [0.2, 0.25) is 0 Å². The molecule has 2 aromatic rings. The van der Waals surface area contributed by atoms with Crippen molar-refractivity contribution >= 4 is 34.8 Å². The van der Waals surface area contributed by atoms with E-state index in [9.17, 15) is 9.59 Å². The zero-order chi connectivity index (χ0) is 21.1. The first kappa shape index (κ1) is 20.8. The molecule has 0 aliphatic carbocycles. The fraction of sp³-hybridized carbons (Fsp3) is 0.391. The molecule has 6 nitrogen and oxygen atoms in total. The second kappa shape index (κ2) is 9.16. The van der Waals surface area contributed by atoms with E-state index in [4.69, 9.17) is 11.6 Å². The van der Waals surface area contributed by atoms with E-state index in [-0.39, 0.29) is 17.9 Å². The van der Waals surface area contributed by atoms with Crippen LogP contribution in [0.15, 0.2) is 48.5 Å². The normalized spacial score (nSPS) is 23.1. The number of para-hydroxylation sites is 2. The van der Waals surface area contributed by atoms with E-state index in [1.54, 1.807) is 12.1 Å². The molecule has 0 bridgehead atoms. The molecule has 7 heteroatoms. The van der Waals surface area contributed by atoms with Gasteiger partial charge < -0.3 is 20.0 Å². The zero-order valence-electron chi connectivity index (χ0n) is 17.3. The van der Waals surface area contributed by atoms with Crippen LogP contribution in [-0.4, -0.2) is 57.1 Å². The second-order valence-electron chi connectivity index (χ2n) is 8.33.